The molecule has 56 valence electrons. The van der Waals surface area contributed by atoms with Crippen LogP contribution in [0.1, 0.15) is 20.3 Å². The van der Waals surface area contributed by atoms with E-state index in [0.29, 0.717) is 12.0 Å². The van der Waals surface area contributed by atoms with E-state index in [1.807, 2.05) is 7.05 Å². The minimum absolute atomic E-state index is 0.556. The van der Waals surface area contributed by atoms with Gasteiger partial charge in [0, 0.05) is 6.04 Å². The van der Waals surface area contributed by atoms with Crippen molar-refractivity contribution >= 4 is 0 Å². The highest BCUT2D eigenvalue weighted by Crippen LogP contribution is 2.04. The van der Waals surface area contributed by atoms with Gasteiger partial charge in [0.15, 0.2) is 0 Å². The molecule has 0 saturated carbocycles. The first kappa shape index (κ1) is 8.92. The van der Waals surface area contributed by atoms with E-state index in [1.165, 1.54) is 6.42 Å². The summed E-state index contributed by atoms with van der Waals surface area (Å²) in [6.45, 7) is 5.13. The maximum absolute atomic E-state index is 5.52. The van der Waals surface area contributed by atoms with Crippen molar-refractivity contribution in [2.45, 2.75) is 26.3 Å². The monoisotopic (exact) mass is 130 g/mol. The Morgan fingerprint density at radius 2 is 2.11 bits per heavy atom. The molecule has 0 spiro atoms. The Hall–Kier alpha value is -0.0800. The van der Waals surface area contributed by atoms with Gasteiger partial charge in [-0.1, -0.05) is 13.3 Å². The lowest BCUT2D eigenvalue weighted by atomic mass is 9.99. The normalized spacial score (nSPS) is 17.3. The van der Waals surface area contributed by atoms with Gasteiger partial charge in [-0.05, 0) is 26.4 Å². The van der Waals surface area contributed by atoms with Crippen LogP contribution in [-0.2, 0) is 0 Å². The van der Waals surface area contributed by atoms with Crippen LogP contribution in [0.4, 0.5) is 0 Å². The predicted octanol–water partition coefficient (Wildman–Crippen LogP) is 0.579. The lowest BCUT2D eigenvalue weighted by Gasteiger charge is -2.19. The third-order valence-corrected chi connectivity index (χ3v) is 1.99. The molecule has 0 bridgehead atoms. The second-order valence-corrected chi connectivity index (χ2v) is 2.48. The summed E-state index contributed by atoms with van der Waals surface area (Å²) in [5, 5.41) is 3.19. The van der Waals surface area contributed by atoms with Crippen LogP contribution in [0.3, 0.4) is 0 Å². The molecule has 0 amide bonds. The molecule has 3 N–H and O–H groups in total. The van der Waals surface area contributed by atoms with Gasteiger partial charge in [-0.3, -0.25) is 0 Å². The minimum atomic E-state index is 0.556. The molecule has 2 nitrogen and oxygen atoms in total. The molecular formula is C7H18N2. The number of rotatable bonds is 4. The molecule has 0 aliphatic heterocycles. The number of nitrogens with two attached hydrogens (primary N) is 1. The summed E-state index contributed by atoms with van der Waals surface area (Å²) < 4.78 is 0. The van der Waals surface area contributed by atoms with Crippen molar-refractivity contribution in [1.82, 2.24) is 5.32 Å². The summed E-state index contributed by atoms with van der Waals surface area (Å²) in [6.07, 6.45) is 1.17. The Morgan fingerprint density at radius 3 is 2.22 bits per heavy atom. The Labute approximate surface area is 57.8 Å². The topological polar surface area (TPSA) is 38.0 Å². The zero-order valence-corrected chi connectivity index (χ0v) is 6.65. The zero-order valence-electron chi connectivity index (χ0n) is 6.65. The molecule has 9 heavy (non-hydrogen) atoms. The quantitative estimate of drug-likeness (QED) is 0.584. The minimum Gasteiger partial charge on any atom is -0.330 e. The fourth-order valence-electron chi connectivity index (χ4n) is 0.960. The second kappa shape index (κ2) is 4.77. The third kappa shape index (κ3) is 2.82. The van der Waals surface area contributed by atoms with Crippen molar-refractivity contribution in [2.75, 3.05) is 13.6 Å². The first-order valence-electron chi connectivity index (χ1n) is 3.63. The Morgan fingerprint density at radius 1 is 1.56 bits per heavy atom. The van der Waals surface area contributed by atoms with Gasteiger partial charge in [-0.15, -0.1) is 0 Å². The maximum atomic E-state index is 5.52. The van der Waals surface area contributed by atoms with Crippen molar-refractivity contribution in [2.24, 2.45) is 11.7 Å². The molecule has 0 aliphatic carbocycles. The number of hydrogen-bond acceptors (Lipinski definition) is 2. The van der Waals surface area contributed by atoms with Gasteiger partial charge in [0.25, 0.3) is 0 Å². The Balaban J connectivity index is 3.50. The van der Waals surface area contributed by atoms with E-state index in [-0.39, 0.29) is 0 Å². The molecule has 0 rings (SSSR count). The van der Waals surface area contributed by atoms with E-state index in [4.69, 9.17) is 5.73 Å². The highest BCUT2D eigenvalue weighted by molar-refractivity contribution is 4.69. The summed E-state index contributed by atoms with van der Waals surface area (Å²) in [6, 6.07) is 0.556. The van der Waals surface area contributed by atoms with E-state index >= 15 is 0 Å². The SMILES string of the molecule is CCC(CN)C(C)NC. The molecule has 0 heterocycles. The summed E-state index contributed by atoms with van der Waals surface area (Å²) in [5.74, 6) is 0.634. The Bertz CT molecular complexity index is 59.9. The molecule has 0 fully saturated rings. The Kier molecular flexibility index (Phi) is 4.72. The van der Waals surface area contributed by atoms with Gasteiger partial charge >= 0.3 is 0 Å². The smallest absolute Gasteiger partial charge is 0.00759 e. The molecule has 2 heteroatoms. The standard InChI is InChI=1S/C7H18N2/c1-4-7(5-8)6(2)9-3/h6-7,9H,4-5,8H2,1-3H3. The van der Waals surface area contributed by atoms with Crippen LogP contribution >= 0.6 is 0 Å². The van der Waals surface area contributed by atoms with Crippen LogP contribution in [0.5, 0.6) is 0 Å². The van der Waals surface area contributed by atoms with Crippen LogP contribution in [0.25, 0.3) is 0 Å². The fraction of sp³-hybridized carbons (Fsp3) is 1.00. The number of hydrogen-bond donors (Lipinski definition) is 2. The van der Waals surface area contributed by atoms with Crippen molar-refractivity contribution in [3.05, 3.63) is 0 Å². The van der Waals surface area contributed by atoms with Crippen molar-refractivity contribution in [3.8, 4) is 0 Å². The highest BCUT2D eigenvalue weighted by Gasteiger charge is 2.09. The summed E-state index contributed by atoms with van der Waals surface area (Å²) in [5.41, 5.74) is 5.52. The lowest BCUT2D eigenvalue weighted by Crippen LogP contribution is -2.34. The van der Waals surface area contributed by atoms with Crippen LogP contribution in [0, 0.1) is 5.92 Å². The first-order valence-corrected chi connectivity index (χ1v) is 3.63. The fourth-order valence-corrected chi connectivity index (χ4v) is 0.960. The molecule has 0 aromatic rings. The average molecular weight is 130 g/mol. The van der Waals surface area contributed by atoms with Gasteiger partial charge < -0.3 is 11.1 Å². The van der Waals surface area contributed by atoms with E-state index in [9.17, 15) is 0 Å². The molecule has 0 saturated heterocycles. The van der Waals surface area contributed by atoms with Crippen molar-refractivity contribution < 1.29 is 0 Å². The molecule has 2 unspecified atom stereocenters. The third-order valence-electron chi connectivity index (χ3n) is 1.99. The van der Waals surface area contributed by atoms with Gasteiger partial charge in [0.2, 0.25) is 0 Å². The van der Waals surface area contributed by atoms with Gasteiger partial charge in [0.05, 0.1) is 0 Å². The van der Waals surface area contributed by atoms with Crippen LogP contribution in [0.15, 0.2) is 0 Å². The molecule has 0 aromatic carbocycles. The number of nitrogens with one attached hydrogen (secondary N) is 1. The van der Waals surface area contributed by atoms with E-state index in [0.717, 1.165) is 6.54 Å². The van der Waals surface area contributed by atoms with Gasteiger partial charge in [0.1, 0.15) is 0 Å². The molecular weight excluding hydrogens is 112 g/mol. The summed E-state index contributed by atoms with van der Waals surface area (Å²) in [7, 11) is 1.98. The van der Waals surface area contributed by atoms with E-state index in [2.05, 4.69) is 19.2 Å². The van der Waals surface area contributed by atoms with Crippen molar-refractivity contribution in [1.29, 1.82) is 0 Å². The highest BCUT2D eigenvalue weighted by atomic mass is 14.9. The lowest BCUT2D eigenvalue weighted by molar-refractivity contribution is 0.392. The molecule has 0 aromatic heterocycles. The summed E-state index contributed by atoms with van der Waals surface area (Å²) in [4.78, 5) is 0. The zero-order chi connectivity index (χ0) is 7.28. The van der Waals surface area contributed by atoms with Gasteiger partial charge in [-0.2, -0.15) is 0 Å². The molecule has 2 atom stereocenters. The maximum Gasteiger partial charge on any atom is 0.00759 e. The second-order valence-electron chi connectivity index (χ2n) is 2.48. The predicted molar refractivity (Wildman–Crippen MR) is 41.4 cm³/mol. The van der Waals surface area contributed by atoms with Crippen LogP contribution in [-0.4, -0.2) is 19.6 Å². The molecule has 0 radical (unpaired) electrons. The van der Waals surface area contributed by atoms with Crippen LogP contribution < -0.4 is 11.1 Å². The largest absolute Gasteiger partial charge is 0.330 e. The molecule has 0 aliphatic rings. The van der Waals surface area contributed by atoms with E-state index in [1.54, 1.807) is 0 Å². The van der Waals surface area contributed by atoms with Crippen molar-refractivity contribution in [3.63, 3.8) is 0 Å². The first-order chi connectivity index (χ1) is 4.26. The van der Waals surface area contributed by atoms with E-state index < -0.39 is 0 Å². The summed E-state index contributed by atoms with van der Waals surface area (Å²) >= 11 is 0. The van der Waals surface area contributed by atoms with Crippen LogP contribution in [0.2, 0.25) is 0 Å². The average Bonchev–Trinajstić information content (AvgIpc) is 1.90. The van der Waals surface area contributed by atoms with Gasteiger partial charge in [-0.25, -0.2) is 0 Å².